The van der Waals surface area contributed by atoms with E-state index in [0.29, 0.717) is 31.4 Å². The van der Waals surface area contributed by atoms with Crippen molar-refractivity contribution in [2.24, 2.45) is 5.92 Å². The molecule has 208 valence electrons. The number of amides is 1. The van der Waals surface area contributed by atoms with Gasteiger partial charge in [-0.3, -0.25) is 4.79 Å². The Morgan fingerprint density at radius 3 is 2.56 bits per heavy atom. The second-order valence-electron chi connectivity index (χ2n) is 12.0. The number of carbonyl (C=O) groups excluding carboxylic acids is 1. The van der Waals surface area contributed by atoms with E-state index in [1.54, 1.807) is 7.11 Å². The molecule has 1 unspecified atom stereocenters. The molecule has 0 spiro atoms. The number of hydrogen-bond acceptors (Lipinski definition) is 3. The summed E-state index contributed by atoms with van der Waals surface area (Å²) in [4.78, 5) is 12.8. The zero-order valence-corrected chi connectivity index (χ0v) is 22.5. The number of carbonyl (C=O) groups is 1. The molecule has 2 N–H and O–H groups in total. The highest BCUT2D eigenvalue weighted by Crippen LogP contribution is 2.53. The first-order chi connectivity index (χ1) is 18.4. The Kier molecular flexibility index (Phi) is 7.19. The van der Waals surface area contributed by atoms with Crippen molar-refractivity contribution in [3.8, 4) is 17.6 Å². The lowest BCUT2D eigenvalue weighted by Crippen LogP contribution is -2.71. The number of hydrogen-bond donors (Lipinski definition) is 2. The van der Waals surface area contributed by atoms with Gasteiger partial charge in [-0.15, -0.1) is 0 Å². The number of benzene rings is 2. The number of likely N-dealkylation sites (N-methyl/N-ethyl adjacent to an activating group) is 1. The molecule has 3 aliphatic rings. The summed E-state index contributed by atoms with van der Waals surface area (Å²) in [6.07, 6.45) is 0.679. The molecule has 2 aliphatic carbocycles. The third kappa shape index (κ3) is 5.80. The van der Waals surface area contributed by atoms with Crippen LogP contribution in [0.1, 0.15) is 55.2 Å². The summed E-state index contributed by atoms with van der Waals surface area (Å²) in [5.74, 6) is 6.21. The van der Waals surface area contributed by atoms with E-state index in [-0.39, 0.29) is 6.04 Å². The number of piperidine rings is 1. The molecule has 5 rings (SSSR count). The molecule has 1 saturated heterocycles. The molecule has 39 heavy (non-hydrogen) atoms. The van der Waals surface area contributed by atoms with Crippen LogP contribution in [0.4, 0.5) is 13.2 Å². The lowest BCUT2D eigenvalue weighted by molar-refractivity contribution is -0.925. The number of ether oxygens (including phenoxy) is 1. The van der Waals surface area contributed by atoms with Gasteiger partial charge in [0.25, 0.3) is 5.91 Å². The van der Waals surface area contributed by atoms with Crippen LogP contribution in [-0.2, 0) is 16.4 Å². The lowest BCUT2D eigenvalue weighted by Gasteiger charge is -2.59. The second kappa shape index (κ2) is 10.2. The van der Waals surface area contributed by atoms with Crippen LogP contribution in [0.25, 0.3) is 0 Å². The number of halogens is 3. The van der Waals surface area contributed by atoms with E-state index in [0.717, 1.165) is 53.4 Å². The van der Waals surface area contributed by atoms with Gasteiger partial charge in [0.1, 0.15) is 17.9 Å². The van der Waals surface area contributed by atoms with Gasteiger partial charge < -0.3 is 19.6 Å². The highest BCUT2D eigenvalue weighted by Gasteiger charge is 2.62. The van der Waals surface area contributed by atoms with Crippen molar-refractivity contribution in [1.29, 1.82) is 0 Å². The summed E-state index contributed by atoms with van der Waals surface area (Å²) in [5, 5.41) is 15.4. The average Bonchev–Trinajstić information content (AvgIpc) is 3.71. The predicted octanol–water partition coefficient (Wildman–Crippen LogP) is 4.66. The maximum atomic E-state index is 12.8. The van der Waals surface area contributed by atoms with Crippen molar-refractivity contribution in [1.82, 2.24) is 5.32 Å². The van der Waals surface area contributed by atoms with E-state index < -0.39 is 28.7 Å². The topological polar surface area (TPSA) is 58.6 Å². The van der Waals surface area contributed by atoms with Crippen molar-refractivity contribution < 1.29 is 32.3 Å². The lowest BCUT2D eigenvalue weighted by atomic mass is 9.55. The van der Waals surface area contributed by atoms with Crippen molar-refractivity contribution in [2.75, 3.05) is 33.8 Å². The largest absolute Gasteiger partial charge is 0.497 e. The number of rotatable bonds is 5. The standard InChI is InChI=1S/C31H35F3N2O3/c1-36(20-23-6-7-23)17-16-29(25-4-3-5-27(18-25)39-2)19-26(14-15-30(29,38)21-36)35-28(37)13-10-22-8-11-24(12-9-22)31(32,33)34/h3-5,8-9,11-12,18,23,26,38H,6-7,14-17,19-21H2,1-2H3/p+1/t26-,29-,30?,36+/m0/s1. The molecule has 0 aromatic heterocycles. The third-order valence-electron chi connectivity index (χ3n) is 9.00. The van der Waals surface area contributed by atoms with E-state index >= 15 is 0 Å². The highest BCUT2D eigenvalue weighted by atomic mass is 19.4. The normalized spacial score (nSPS) is 30.5. The molecule has 2 aromatic rings. The summed E-state index contributed by atoms with van der Waals surface area (Å²) < 4.78 is 44.8. The monoisotopic (exact) mass is 541 g/mol. The van der Waals surface area contributed by atoms with E-state index in [1.165, 1.54) is 25.0 Å². The van der Waals surface area contributed by atoms with Crippen LogP contribution >= 0.6 is 0 Å². The van der Waals surface area contributed by atoms with Gasteiger partial charge in [0.05, 0.1) is 32.8 Å². The molecule has 2 saturated carbocycles. The number of alkyl halides is 3. The number of fused-ring (bicyclic) bond motifs is 1. The first-order valence-corrected chi connectivity index (χ1v) is 13.6. The molecular weight excluding hydrogens is 505 g/mol. The molecule has 0 bridgehead atoms. The number of aliphatic hydroxyl groups is 1. The van der Waals surface area contributed by atoms with Crippen LogP contribution in [0, 0.1) is 17.8 Å². The van der Waals surface area contributed by atoms with Gasteiger partial charge in [0, 0.05) is 35.3 Å². The number of nitrogens with zero attached hydrogens (tertiary/aromatic N) is 1. The maximum absolute atomic E-state index is 12.8. The fourth-order valence-electron chi connectivity index (χ4n) is 6.85. The van der Waals surface area contributed by atoms with Gasteiger partial charge >= 0.3 is 6.18 Å². The molecule has 1 heterocycles. The molecule has 0 radical (unpaired) electrons. The molecule has 2 aromatic carbocycles. The van der Waals surface area contributed by atoms with Crippen LogP contribution in [-0.4, -0.2) is 60.9 Å². The molecule has 1 aliphatic heterocycles. The van der Waals surface area contributed by atoms with E-state index in [1.807, 2.05) is 18.2 Å². The Bertz CT molecular complexity index is 1280. The Morgan fingerprint density at radius 1 is 1.15 bits per heavy atom. The van der Waals surface area contributed by atoms with Crippen molar-refractivity contribution >= 4 is 5.91 Å². The zero-order valence-electron chi connectivity index (χ0n) is 22.5. The van der Waals surface area contributed by atoms with Gasteiger partial charge in [-0.05, 0) is 74.1 Å². The van der Waals surface area contributed by atoms with Gasteiger partial charge in [0.2, 0.25) is 0 Å². The van der Waals surface area contributed by atoms with Crippen LogP contribution in [0.3, 0.4) is 0 Å². The maximum Gasteiger partial charge on any atom is 0.416 e. The number of nitrogens with one attached hydrogen (secondary N) is 1. The van der Waals surface area contributed by atoms with Crippen molar-refractivity contribution in [2.45, 2.75) is 61.8 Å². The molecule has 5 nitrogen and oxygen atoms in total. The minimum absolute atomic E-state index is 0.189. The van der Waals surface area contributed by atoms with E-state index in [2.05, 4.69) is 30.3 Å². The van der Waals surface area contributed by atoms with Crippen molar-refractivity contribution in [3.05, 3.63) is 65.2 Å². The van der Waals surface area contributed by atoms with E-state index in [4.69, 9.17) is 4.74 Å². The fraction of sp³-hybridized carbons (Fsp3) is 0.516. The second-order valence-corrected chi connectivity index (χ2v) is 12.0. The summed E-state index contributed by atoms with van der Waals surface area (Å²) >= 11 is 0. The Labute approximate surface area is 227 Å². The summed E-state index contributed by atoms with van der Waals surface area (Å²) in [7, 11) is 3.89. The molecular formula is C31H36F3N2O3+. The van der Waals surface area contributed by atoms with Gasteiger partial charge in [-0.2, -0.15) is 13.2 Å². The van der Waals surface area contributed by atoms with Gasteiger partial charge in [0.15, 0.2) is 0 Å². The van der Waals surface area contributed by atoms with Crippen LogP contribution in [0.15, 0.2) is 48.5 Å². The summed E-state index contributed by atoms with van der Waals surface area (Å²) in [6, 6.07) is 12.2. The molecule has 1 amide bonds. The zero-order chi connectivity index (χ0) is 27.9. The Hall–Kier alpha value is -3.02. The fourth-order valence-corrected chi connectivity index (χ4v) is 6.85. The number of likely N-dealkylation sites (tertiary alicyclic amines) is 1. The van der Waals surface area contributed by atoms with Gasteiger partial charge in [-0.1, -0.05) is 18.1 Å². The Balaban J connectivity index is 1.35. The molecule has 8 heteroatoms. The molecule has 3 fully saturated rings. The minimum atomic E-state index is -4.42. The van der Waals surface area contributed by atoms with Crippen molar-refractivity contribution in [3.63, 3.8) is 0 Å². The summed E-state index contributed by atoms with van der Waals surface area (Å²) in [5.41, 5.74) is -0.857. The smallest absolute Gasteiger partial charge is 0.416 e. The Morgan fingerprint density at radius 2 is 1.90 bits per heavy atom. The van der Waals surface area contributed by atoms with Gasteiger partial charge in [-0.25, -0.2) is 0 Å². The van der Waals surface area contributed by atoms with Crippen LogP contribution in [0.2, 0.25) is 0 Å². The third-order valence-corrected chi connectivity index (χ3v) is 9.00. The quantitative estimate of drug-likeness (QED) is 0.428. The van der Waals surface area contributed by atoms with Crippen LogP contribution < -0.4 is 10.1 Å². The van der Waals surface area contributed by atoms with Crippen LogP contribution in [0.5, 0.6) is 5.75 Å². The van der Waals surface area contributed by atoms with E-state index in [9.17, 15) is 23.1 Å². The minimum Gasteiger partial charge on any atom is -0.497 e. The predicted molar refractivity (Wildman–Crippen MR) is 142 cm³/mol. The number of quaternary nitrogens is 1. The average molecular weight is 542 g/mol. The molecule has 4 atom stereocenters. The first kappa shape index (κ1) is 27.5. The highest BCUT2D eigenvalue weighted by molar-refractivity contribution is 5.94. The SMILES string of the molecule is COc1cccc([C@@]23CC[N@+](C)(CC4CC4)CC2(O)CC[C@H](NC(=O)C#Cc2ccc(C(F)(F)F)cc2)C3)c1. The summed E-state index contributed by atoms with van der Waals surface area (Å²) in [6.45, 7) is 2.72. The first-order valence-electron chi connectivity index (χ1n) is 13.6. The number of methoxy groups -OCH3 is 1.